The lowest BCUT2D eigenvalue weighted by Gasteiger charge is -2.22. The fraction of sp³-hybridized carbons (Fsp3) is 0.538. The van der Waals surface area contributed by atoms with E-state index in [2.05, 4.69) is 0 Å². The Balaban J connectivity index is 1.62. The molecule has 0 radical (unpaired) electrons. The van der Waals surface area contributed by atoms with Crippen LogP contribution < -0.4 is 10.5 Å². The van der Waals surface area contributed by atoms with Gasteiger partial charge in [0.25, 0.3) is 0 Å². The average molecular weight is 237 g/mol. The van der Waals surface area contributed by atoms with Crippen LogP contribution in [0.1, 0.15) is 12.8 Å². The number of rotatable bonds is 5. The molecule has 0 spiro atoms. The van der Waals surface area contributed by atoms with Crippen molar-refractivity contribution in [1.29, 1.82) is 0 Å². The van der Waals surface area contributed by atoms with E-state index in [4.69, 9.17) is 19.9 Å². The van der Waals surface area contributed by atoms with Crippen molar-refractivity contribution in [2.24, 2.45) is 0 Å². The molecular formula is C13H19NO3. The number of nitrogen functional groups attached to an aromatic ring is 1. The zero-order valence-corrected chi connectivity index (χ0v) is 9.93. The minimum Gasteiger partial charge on any atom is -0.491 e. The first-order valence-corrected chi connectivity index (χ1v) is 6.02. The van der Waals surface area contributed by atoms with Gasteiger partial charge in [-0.1, -0.05) is 6.07 Å². The van der Waals surface area contributed by atoms with Gasteiger partial charge in [0.2, 0.25) is 0 Å². The highest BCUT2D eigenvalue weighted by atomic mass is 16.5. The maximum absolute atomic E-state index is 5.70. The van der Waals surface area contributed by atoms with Gasteiger partial charge in [0.05, 0.1) is 12.7 Å². The second-order valence-corrected chi connectivity index (χ2v) is 4.10. The van der Waals surface area contributed by atoms with Crippen LogP contribution in [0.4, 0.5) is 5.69 Å². The lowest BCUT2D eigenvalue weighted by atomic mass is 10.2. The van der Waals surface area contributed by atoms with Crippen molar-refractivity contribution in [1.82, 2.24) is 0 Å². The van der Waals surface area contributed by atoms with E-state index in [1.165, 1.54) is 0 Å². The van der Waals surface area contributed by atoms with Crippen LogP contribution in [-0.2, 0) is 9.47 Å². The van der Waals surface area contributed by atoms with Crippen LogP contribution in [0.5, 0.6) is 5.75 Å². The summed E-state index contributed by atoms with van der Waals surface area (Å²) < 4.78 is 16.5. The van der Waals surface area contributed by atoms with E-state index in [-0.39, 0.29) is 0 Å². The Labute approximate surface area is 102 Å². The van der Waals surface area contributed by atoms with Gasteiger partial charge in [-0.05, 0) is 25.0 Å². The molecule has 4 heteroatoms. The topological polar surface area (TPSA) is 53.7 Å². The molecule has 0 atom stereocenters. The Hall–Kier alpha value is -1.26. The third-order valence-corrected chi connectivity index (χ3v) is 2.73. The number of nitrogens with two attached hydrogens (primary N) is 1. The van der Waals surface area contributed by atoms with Crippen LogP contribution in [0.25, 0.3) is 0 Å². The number of ether oxygens (including phenoxy) is 3. The Kier molecular flexibility index (Phi) is 4.64. The molecule has 0 aromatic heterocycles. The van der Waals surface area contributed by atoms with Crippen LogP contribution in [0.15, 0.2) is 24.3 Å². The highest BCUT2D eigenvalue weighted by Crippen LogP contribution is 2.14. The molecule has 2 rings (SSSR count). The second-order valence-electron chi connectivity index (χ2n) is 4.10. The van der Waals surface area contributed by atoms with Crippen molar-refractivity contribution in [3.05, 3.63) is 24.3 Å². The summed E-state index contributed by atoms with van der Waals surface area (Å²) in [5.41, 5.74) is 6.37. The summed E-state index contributed by atoms with van der Waals surface area (Å²) >= 11 is 0. The maximum Gasteiger partial charge on any atom is 0.121 e. The minimum absolute atomic E-state index is 0.327. The van der Waals surface area contributed by atoms with Crippen LogP contribution >= 0.6 is 0 Å². The van der Waals surface area contributed by atoms with Crippen LogP contribution in [0.2, 0.25) is 0 Å². The minimum atomic E-state index is 0.327. The lowest BCUT2D eigenvalue weighted by molar-refractivity contribution is -0.0388. The summed E-state index contributed by atoms with van der Waals surface area (Å²) in [6.07, 6.45) is 2.30. The normalized spacial score (nSPS) is 16.9. The van der Waals surface area contributed by atoms with Crippen molar-refractivity contribution < 1.29 is 14.2 Å². The Morgan fingerprint density at radius 1 is 1.24 bits per heavy atom. The molecule has 17 heavy (non-hydrogen) atoms. The van der Waals surface area contributed by atoms with E-state index in [1.54, 1.807) is 0 Å². The van der Waals surface area contributed by atoms with Gasteiger partial charge in [0.15, 0.2) is 0 Å². The molecule has 4 nitrogen and oxygen atoms in total. The fourth-order valence-corrected chi connectivity index (χ4v) is 1.82. The van der Waals surface area contributed by atoms with Crippen molar-refractivity contribution in [3.63, 3.8) is 0 Å². The largest absolute Gasteiger partial charge is 0.491 e. The standard InChI is InChI=1S/C13H19NO3/c14-11-2-1-3-13(10-11)17-9-8-16-12-4-6-15-7-5-12/h1-3,10,12H,4-9,14H2. The predicted molar refractivity (Wildman–Crippen MR) is 66.1 cm³/mol. The van der Waals surface area contributed by atoms with Crippen molar-refractivity contribution in [2.75, 3.05) is 32.2 Å². The molecule has 1 aliphatic rings. The molecule has 1 aromatic carbocycles. The highest BCUT2D eigenvalue weighted by Gasteiger charge is 2.13. The smallest absolute Gasteiger partial charge is 0.121 e. The molecule has 1 fully saturated rings. The maximum atomic E-state index is 5.70. The molecular weight excluding hydrogens is 218 g/mol. The second kappa shape index (κ2) is 6.47. The van der Waals surface area contributed by atoms with Crippen LogP contribution in [-0.4, -0.2) is 32.5 Å². The number of hydrogen-bond donors (Lipinski definition) is 1. The molecule has 2 N–H and O–H groups in total. The van der Waals surface area contributed by atoms with Crippen molar-refractivity contribution in [3.8, 4) is 5.75 Å². The van der Waals surface area contributed by atoms with Gasteiger partial charge in [-0.2, -0.15) is 0 Å². The van der Waals surface area contributed by atoms with Gasteiger partial charge in [-0.15, -0.1) is 0 Å². The molecule has 1 aliphatic heterocycles. The first-order valence-electron chi connectivity index (χ1n) is 6.02. The fourth-order valence-electron chi connectivity index (χ4n) is 1.82. The third kappa shape index (κ3) is 4.24. The van der Waals surface area contributed by atoms with Crippen LogP contribution in [0.3, 0.4) is 0 Å². The Bertz CT molecular complexity index is 337. The zero-order valence-electron chi connectivity index (χ0n) is 9.93. The molecule has 0 bridgehead atoms. The SMILES string of the molecule is Nc1cccc(OCCOC2CCOCC2)c1. The number of hydrogen-bond acceptors (Lipinski definition) is 4. The number of anilines is 1. The molecule has 0 unspecified atom stereocenters. The summed E-state index contributed by atoms with van der Waals surface area (Å²) in [6, 6.07) is 7.43. The third-order valence-electron chi connectivity index (χ3n) is 2.73. The lowest BCUT2D eigenvalue weighted by Crippen LogP contribution is -2.25. The molecule has 1 saturated heterocycles. The molecule has 0 amide bonds. The molecule has 0 saturated carbocycles. The van der Waals surface area contributed by atoms with E-state index in [1.807, 2.05) is 24.3 Å². The molecule has 1 aromatic rings. The van der Waals surface area contributed by atoms with Crippen molar-refractivity contribution in [2.45, 2.75) is 18.9 Å². The summed E-state index contributed by atoms with van der Waals surface area (Å²) in [7, 11) is 0. The predicted octanol–water partition coefficient (Wildman–Crippen LogP) is 1.84. The summed E-state index contributed by atoms with van der Waals surface area (Å²) in [5, 5.41) is 0. The summed E-state index contributed by atoms with van der Waals surface area (Å²) in [4.78, 5) is 0. The quantitative estimate of drug-likeness (QED) is 0.627. The average Bonchev–Trinajstić information content (AvgIpc) is 2.36. The van der Waals surface area contributed by atoms with E-state index in [0.29, 0.717) is 25.0 Å². The first-order chi connectivity index (χ1) is 8.34. The Morgan fingerprint density at radius 3 is 2.82 bits per heavy atom. The van der Waals surface area contributed by atoms with E-state index in [0.717, 1.165) is 31.8 Å². The van der Waals surface area contributed by atoms with Gasteiger partial charge in [-0.25, -0.2) is 0 Å². The molecule has 94 valence electrons. The first kappa shape index (κ1) is 12.2. The monoisotopic (exact) mass is 237 g/mol. The van der Waals surface area contributed by atoms with Gasteiger partial charge in [0.1, 0.15) is 12.4 Å². The van der Waals surface area contributed by atoms with Gasteiger partial charge in [0, 0.05) is 25.0 Å². The number of benzene rings is 1. The Morgan fingerprint density at radius 2 is 2.06 bits per heavy atom. The van der Waals surface area contributed by atoms with Crippen molar-refractivity contribution >= 4 is 5.69 Å². The van der Waals surface area contributed by atoms with E-state index in [9.17, 15) is 0 Å². The molecule has 1 heterocycles. The van der Waals surface area contributed by atoms with E-state index < -0.39 is 0 Å². The molecule has 0 aliphatic carbocycles. The van der Waals surface area contributed by atoms with Gasteiger partial charge < -0.3 is 19.9 Å². The van der Waals surface area contributed by atoms with E-state index >= 15 is 0 Å². The van der Waals surface area contributed by atoms with Gasteiger partial charge >= 0.3 is 0 Å². The van der Waals surface area contributed by atoms with Gasteiger partial charge in [-0.3, -0.25) is 0 Å². The highest BCUT2D eigenvalue weighted by molar-refractivity contribution is 5.43. The zero-order chi connectivity index (χ0) is 11.9. The summed E-state index contributed by atoms with van der Waals surface area (Å²) in [6.45, 7) is 2.78. The van der Waals surface area contributed by atoms with Crippen LogP contribution in [0, 0.1) is 0 Å². The summed E-state index contributed by atoms with van der Waals surface area (Å²) in [5.74, 6) is 0.792.